The minimum Gasteiger partial charge on any atom is -0.349 e. The fourth-order valence-electron chi connectivity index (χ4n) is 0.372. The summed E-state index contributed by atoms with van der Waals surface area (Å²) >= 11 is 0. The predicted molar refractivity (Wildman–Crippen MR) is 27.6 cm³/mol. The van der Waals surface area contributed by atoms with Crippen LogP contribution in [0.5, 0.6) is 0 Å². The van der Waals surface area contributed by atoms with Crippen LogP contribution in [-0.4, -0.2) is 14.2 Å². The van der Waals surface area contributed by atoms with E-state index in [0.29, 0.717) is 6.29 Å². The van der Waals surface area contributed by atoms with Crippen LogP contribution in [0.15, 0.2) is 0 Å². The number of hydrogen-bond donors (Lipinski definition) is 0. The van der Waals surface area contributed by atoms with Crippen molar-refractivity contribution in [2.45, 2.75) is 13.3 Å². The Morgan fingerprint density at radius 3 is 1.71 bits per heavy atom. The molecule has 0 amide bonds. The molecule has 7 heavy (non-hydrogen) atoms. The zero-order valence-electron chi connectivity index (χ0n) is 5.02. The first-order chi connectivity index (χ1) is 3.35. The lowest BCUT2D eigenvalue weighted by atomic mass is 10.5. The minimum atomic E-state index is 0.681. The third-order valence-electron chi connectivity index (χ3n) is 0.744. The molecule has 0 spiro atoms. The molecule has 0 unspecified atom stereocenters. The molecular weight excluding hydrogens is 92.1 g/mol. The van der Waals surface area contributed by atoms with Crippen LogP contribution in [0.25, 0.3) is 0 Å². The maximum atomic E-state index is 4.74. The third-order valence-corrected chi connectivity index (χ3v) is 0.744. The molecule has 0 heterocycles. The lowest BCUT2D eigenvalue weighted by Gasteiger charge is -2.05. The van der Waals surface area contributed by atoms with Gasteiger partial charge in [0, 0.05) is 20.6 Å². The summed E-state index contributed by atoms with van der Waals surface area (Å²) < 4.78 is 9.49. The van der Waals surface area contributed by atoms with Crippen LogP contribution in [0.1, 0.15) is 13.3 Å². The van der Waals surface area contributed by atoms with Gasteiger partial charge >= 0.3 is 0 Å². The molecule has 0 aromatic rings. The molecule has 0 bridgehead atoms. The average Bonchev–Trinajstić information content (AvgIpc) is 1.72. The lowest BCUT2D eigenvalue weighted by molar-refractivity contribution is 0.000276. The van der Waals surface area contributed by atoms with Crippen molar-refractivity contribution in [2.24, 2.45) is 0 Å². The second-order valence-corrected chi connectivity index (χ2v) is 1.13. The average molecular weight is 103 g/mol. The van der Waals surface area contributed by atoms with Crippen LogP contribution in [0, 0.1) is 6.29 Å². The molecule has 43 valence electrons. The van der Waals surface area contributed by atoms with Gasteiger partial charge in [0.25, 0.3) is 0 Å². The summed E-state index contributed by atoms with van der Waals surface area (Å²) in [6, 6.07) is 0. The van der Waals surface area contributed by atoms with E-state index in [-0.39, 0.29) is 0 Å². The van der Waals surface area contributed by atoms with Crippen molar-refractivity contribution < 1.29 is 9.47 Å². The molecule has 2 heteroatoms. The molecule has 1 radical (unpaired) electrons. The molecule has 0 aliphatic rings. The van der Waals surface area contributed by atoms with Gasteiger partial charge in [0.05, 0.1) is 0 Å². The smallest absolute Gasteiger partial charge is 0.222 e. The molecule has 0 N–H and O–H groups in total. The Balaban J connectivity index is 2.99. The normalized spacial score (nSPS) is 10.3. The largest absolute Gasteiger partial charge is 0.349 e. The minimum absolute atomic E-state index is 0.681. The number of methoxy groups -OCH3 is 2. The summed E-state index contributed by atoms with van der Waals surface area (Å²) in [5, 5.41) is 0. The Bertz CT molecular complexity index is 27.6. The maximum absolute atomic E-state index is 4.74. The van der Waals surface area contributed by atoms with E-state index in [4.69, 9.17) is 9.47 Å². The van der Waals surface area contributed by atoms with E-state index >= 15 is 0 Å². The van der Waals surface area contributed by atoms with E-state index in [1.807, 2.05) is 6.92 Å². The number of ether oxygens (including phenoxy) is 2. The first-order valence-electron chi connectivity index (χ1n) is 2.29. The number of hydrogen-bond acceptors (Lipinski definition) is 2. The van der Waals surface area contributed by atoms with Crippen molar-refractivity contribution in [3.63, 3.8) is 0 Å². The van der Waals surface area contributed by atoms with Crippen molar-refractivity contribution >= 4 is 0 Å². The number of rotatable bonds is 3. The molecule has 2 nitrogen and oxygen atoms in total. The Kier molecular flexibility index (Phi) is 4.04. The van der Waals surface area contributed by atoms with Crippen molar-refractivity contribution in [3.05, 3.63) is 6.29 Å². The Morgan fingerprint density at radius 1 is 1.29 bits per heavy atom. The SMILES string of the molecule is CC[C](OC)OC. The highest BCUT2D eigenvalue weighted by Crippen LogP contribution is 2.03. The first kappa shape index (κ1) is 6.92. The highest BCUT2D eigenvalue weighted by molar-refractivity contribution is 4.56. The van der Waals surface area contributed by atoms with E-state index in [2.05, 4.69) is 0 Å². The Morgan fingerprint density at radius 2 is 1.71 bits per heavy atom. The van der Waals surface area contributed by atoms with Gasteiger partial charge in [-0.05, 0) is 0 Å². The molecule has 0 aliphatic carbocycles. The fourth-order valence-corrected chi connectivity index (χ4v) is 0.372. The summed E-state index contributed by atoms with van der Waals surface area (Å²) in [7, 11) is 3.20. The summed E-state index contributed by atoms with van der Waals surface area (Å²) in [5.41, 5.74) is 0. The van der Waals surface area contributed by atoms with Gasteiger partial charge in [0.2, 0.25) is 6.29 Å². The fraction of sp³-hybridized carbons (Fsp3) is 0.800. The molecule has 0 aromatic heterocycles. The first-order valence-corrected chi connectivity index (χ1v) is 2.29. The second-order valence-electron chi connectivity index (χ2n) is 1.13. The van der Waals surface area contributed by atoms with E-state index in [1.54, 1.807) is 14.2 Å². The summed E-state index contributed by atoms with van der Waals surface area (Å²) in [4.78, 5) is 0. The van der Waals surface area contributed by atoms with E-state index in [9.17, 15) is 0 Å². The highest BCUT2D eigenvalue weighted by atomic mass is 16.7. The van der Waals surface area contributed by atoms with Gasteiger partial charge in [-0.1, -0.05) is 6.92 Å². The summed E-state index contributed by atoms with van der Waals surface area (Å²) in [5.74, 6) is 0. The molecule has 0 aromatic carbocycles. The molecule has 0 saturated carbocycles. The van der Waals surface area contributed by atoms with Gasteiger partial charge in [-0.3, -0.25) is 0 Å². The second kappa shape index (κ2) is 4.09. The van der Waals surface area contributed by atoms with E-state index in [0.717, 1.165) is 6.42 Å². The summed E-state index contributed by atoms with van der Waals surface area (Å²) in [6.45, 7) is 1.97. The molecule has 0 fully saturated rings. The van der Waals surface area contributed by atoms with Gasteiger partial charge in [0.1, 0.15) is 0 Å². The molecule has 0 atom stereocenters. The molecular formula is C5H11O2. The Hall–Kier alpha value is -0.0800. The standard InChI is InChI=1S/C5H11O2/c1-4-5(6-2)7-3/h4H2,1-3H3. The van der Waals surface area contributed by atoms with Gasteiger partial charge in [0.15, 0.2) is 0 Å². The van der Waals surface area contributed by atoms with Gasteiger partial charge < -0.3 is 9.47 Å². The molecule has 0 aliphatic heterocycles. The molecule has 0 rings (SSSR count). The van der Waals surface area contributed by atoms with Crippen molar-refractivity contribution in [1.82, 2.24) is 0 Å². The topological polar surface area (TPSA) is 18.5 Å². The Labute approximate surface area is 44.4 Å². The van der Waals surface area contributed by atoms with Crippen LogP contribution in [-0.2, 0) is 9.47 Å². The zero-order valence-corrected chi connectivity index (χ0v) is 5.02. The lowest BCUT2D eigenvalue weighted by Crippen LogP contribution is -1.99. The maximum Gasteiger partial charge on any atom is 0.222 e. The van der Waals surface area contributed by atoms with Crippen LogP contribution in [0.3, 0.4) is 0 Å². The van der Waals surface area contributed by atoms with Crippen LogP contribution >= 0.6 is 0 Å². The highest BCUT2D eigenvalue weighted by Gasteiger charge is 1.99. The van der Waals surface area contributed by atoms with E-state index < -0.39 is 0 Å². The quantitative estimate of drug-likeness (QED) is 0.534. The van der Waals surface area contributed by atoms with Crippen molar-refractivity contribution in [2.75, 3.05) is 14.2 Å². The third kappa shape index (κ3) is 2.60. The van der Waals surface area contributed by atoms with E-state index in [1.165, 1.54) is 0 Å². The van der Waals surface area contributed by atoms with Crippen LogP contribution in [0.2, 0.25) is 0 Å². The van der Waals surface area contributed by atoms with Gasteiger partial charge in [-0.2, -0.15) is 0 Å². The van der Waals surface area contributed by atoms with Crippen molar-refractivity contribution in [1.29, 1.82) is 0 Å². The monoisotopic (exact) mass is 103 g/mol. The molecule has 0 saturated heterocycles. The van der Waals surface area contributed by atoms with Crippen LogP contribution in [0.4, 0.5) is 0 Å². The zero-order chi connectivity index (χ0) is 5.70. The van der Waals surface area contributed by atoms with Gasteiger partial charge in [-0.25, -0.2) is 0 Å². The predicted octanol–water partition coefficient (Wildman–Crippen LogP) is 1.18. The summed E-state index contributed by atoms with van der Waals surface area (Å²) in [6.07, 6.45) is 1.51. The van der Waals surface area contributed by atoms with Crippen molar-refractivity contribution in [3.8, 4) is 0 Å². The van der Waals surface area contributed by atoms with Gasteiger partial charge in [-0.15, -0.1) is 0 Å². The van der Waals surface area contributed by atoms with Crippen LogP contribution < -0.4 is 0 Å².